The van der Waals surface area contributed by atoms with Gasteiger partial charge < -0.3 is 15.0 Å². The molecule has 1 saturated heterocycles. The first-order chi connectivity index (χ1) is 8.40. The van der Waals surface area contributed by atoms with E-state index in [0.29, 0.717) is 6.61 Å². The second-order valence-electron chi connectivity index (χ2n) is 4.21. The van der Waals surface area contributed by atoms with Crippen LogP contribution in [-0.4, -0.2) is 43.3 Å². The molecule has 1 fully saturated rings. The van der Waals surface area contributed by atoms with Crippen molar-refractivity contribution in [2.75, 3.05) is 43.6 Å². The lowest BCUT2D eigenvalue weighted by molar-refractivity contribution is 0.210. The lowest BCUT2D eigenvalue weighted by atomic mass is 10.1. The maximum absolute atomic E-state index is 4.99. The Hall–Kier alpha value is -1.36. The maximum Gasteiger partial charge on any atom is 0.227 e. The van der Waals surface area contributed by atoms with E-state index in [1.807, 2.05) is 12.3 Å². The lowest BCUT2D eigenvalue weighted by Gasteiger charge is -2.26. The highest BCUT2D eigenvalue weighted by atomic mass is 16.5. The standard InChI is InChI=1S/C12H20N4O/c1-17-10-7-13-11-5-6-14-12(15-11)16-8-3-2-4-9-16/h5-6H,2-4,7-10H2,1H3,(H,13,14,15). The predicted molar refractivity (Wildman–Crippen MR) is 68.5 cm³/mol. The van der Waals surface area contributed by atoms with Gasteiger partial charge in [0.05, 0.1) is 6.61 Å². The zero-order chi connectivity index (χ0) is 11.9. The number of nitrogens with zero attached hydrogens (tertiary/aromatic N) is 3. The largest absolute Gasteiger partial charge is 0.383 e. The molecule has 0 radical (unpaired) electrons. The number of ether oxygens (including phenoxy) is 1. The van der Waals surface area contributed by atoms with Crippen molar-refractivity contribution in [2.24, 2.45) is 0 Å². The summed E-state index contributed by atoms with van der Waals surface area (Å²) in [5.41, 5.74) is 0. The number of anilines is 2. The molecule has 1 aromatic heterocycles. The van der Waals surface area contributed by atoms with Crippen LogP contribution in [-0.2, 0) is 4.74 Å². The molecule has 17 heavy (non-hydrogen) atoms. The van der Waals surface area contributed by atoms with Crippen molar-refractivity contribution in [2.45, 2.75) is 19.3 Å². The van der Waals surface area contributed by atoms with Gasteiger partial charge in [0.15, 0.2) is 0 Å². The minimum Gasteiger partial charge on any atom is -0.383 e. The molecule has 1 aliphatic heterocycles. The Labute approximate surface area is 102 Å². The van der Waals surface area contributed by atoms with E-state index in [-0.39, 0.29) is 0 Å². The average molecular weight is 236 g/mol. The summed E-state index contributed by atoms with van der Waals surface area (Å²) in [5.74, 6) is 1.71. The van der Waals surface area contributed by atoms with Crippen LogP contribution < -0.4 is 10.2 Å². The molecule has 94 valence electrons. The van der Waals surface area contributed by atoms with E-state index in [2.05, 4.69) is 20.2 Å². The van der Waals surface area contributed by atoms with Gasteiger partial charge in [0.25, 0.3) is 0 Å². The minimum absolute atomic E-state index is 0.684. The van der Waals surface area contributed by atoms with Gasteiger partial charge in [-0.25, -0.2) is 4.98 Å². The molecule has 1 aliphatic rings. The first-order valence-corrected chi connectivity index (χ1v) is 6.21. The second-order valence-corrected chi connectivity index (χ2v) is 4.21. The Balaban J connectivity index is 1.95. The molecule has 5 nitrogen and oxygen atoms in total. The highest BCUT2D eigenvalue weighted by Crippen LogP contribution is 2.16. The van der Waals surface area contributed by atoms with E-state index in [1.165, 1.54) is 19.3 Å². The number of piperidine rings is 1. The number of methoxy groups -OCH3 is 1. The van der Waals surface area contributed by atoms with Gasteiger partial charge in [-0.2, -0.15) is 4.98 Å². The SMILES string of the molecule is COCCNc1ccnc(N2CCCCC2)n1. The summed E-state index contributed by atoms with van der Waals surface area (Å²) >= 11 is 0. The first-order valence-electron chi connectivity index (χ1n) is 6.21. The van der Waals surface area contributed by atoms with Crippen molar-refractivity contribution < 1.29 is 4.74 Å². The van der Waals surface area contributed by atoms with Gasteiger partial charge in [0.2, 0.25) is 5.95 Å². The van der Waals surface area contributed by atoms with Crippen LogP contribution in [0.3, 0.4) is 0 Å². The number of hydrogen-bond acceptors (Lipinski definition) is 5. The summed E-state index contributed by atoms with van der Waals surface area (Å²) in [7, 11) is 1.70. The molecule has 2 heterocycles. The van der Waals surface area contributed by atoms with E-state index in [0.717, 1.165) is 31.4 Å². The second kappa shape index (κ2) is 6.39. The number of nitrogens with one attached hydrogen (secondary N) is 1. The Kier molecular flexibility index (Phi) is 4.55. The Morgan fingerprint density at radius 2 is 2.18 bits per heavy atom. The molecule has 1 N–H and O–H groups in total. The molecule has 0 atom stereocenters. The van der Waals surface area contributed by atoms with Gasteiger partial charge in [0, 0.05) is 32.9 Å². The summed E-state index contributed by atoms with van der Waals surface area (Å²) in [6, 6.07) is 1.89. The Morgan fingerprint density at radius 1 is 1.35 bits per heavy atom. The highest BCUT2D eigenvalue weighted by molar-refractivity contribution is 5.41. The van der Waals surface area contributed by atoms with Gasteiger partial charge in [-0.15, -0.1) is 0 Å². The van der Waals surface area contributed by atoms with Crippen LogP contribution in [0, 0.1) is 0 Å². The molecular weight excluding hydrogens is 216 g/mol. The van der Waals surface area contributed by atoms with E-state index < -0.39 is 0 Å². The van der Waals surface area contributed by atoms with Crippen molar-refractivity contribution in [1.29, 1.82) is 0 Å². The highest BCUT2D eigenvalue weighted by Gasteiger charge is 2.13. The third-order valence-corrected chi connectivity index (χ3v) is 2.89. The molecule has 5 heteroatoms. The van der Waals surface area contributed by atoms with Crippen LogP contribution in [0.2, 0.25) is 0 Å². The molecule has 0 saturated carbocycles. The van der Waals surface area contributed by atoms with E-state index in [9.17, 15) is 0 Å². The van der Waals surface area contributed by atoms with E-state index in [1.54, 1.807) is 7.11 Å². The summed E-state index contributed by atoms with van der Waals surface area (Å²) in [5, 5.41) is 3.22. The van der Waals surface area contributed by atoms with Gasteiger partial charge in [-0.1, -0.05) is 0 Å². The van der Waals surface area contributed by atoms with Crippen LogP contribution in [0.15, 0.2) is 12.3 Å². The molecule has 2 rings (SSSR count). The third-order valence-electron chi connectivity index (χ3n) is 2.89. The van der Waals surface area contributed by atoms with Gasteiger partial charge in [0.1, 0.15) is 5.82 Å². The molecule has 0 spiro atoms. The zero-order valence-electron chi connectivity index (χ0n) is 10.4. The zero-order valence-corrected chi connectivity index (χ0v) is 10.4. The summed E-state index contributed by atoms with van der Waals surface area (Å²) < 4.78 is 4.99. The number of aromatic nitrogens is 2. The minimum atomic E-state index is 0.684. The Bertz CT molecular complexity index is 339. The van der Waals surface area contributed by atoms with Crippen LogP contribution in [0.25, 0.3) is 0 Å². The normalized spacial score (nSPS) is 15.9. The fraction of sp³-hybridized carbons (Fsp3) is 0.667. The van der Waals surface area contributed by atoms with Crippen molar-refractivity contribution in [3.63, 3.8) is 0 Å². The van der Waals surface area contributed by atoms with Crippen molar-refractivity contribution in [1.82, 2.24) is 9.97 Å². The van der Waals surface area contributed by atoms with Gasteiger partial charge in [-0.05, 0) is 25.3 Å². The summed E-state index contributed by atoms with van der Waals surface area (Å²) in [6.45, 7) is 3.60. The third kappa shape index (κ3) is 3.56. The topological polar surface area (TPSA) is 50.3 Å². The van der Waals surface area contributed by atoms with Gasteiger partial charge in [-0.3, -0.25) is 0 Å². The molecule has 0 aliphatic carbocycles. The fourth-order valence-electron chi connectivity index (χ4n) is 1.97. The number of hydrogen-bond donors (Lipinski definition) is 1. The monoisotopic (exact) mass is 236 g/mol. The van der Waals surface area contributed by atoms with E-state index in [4.69, 9.17) is 4.74 Å². The van der Waals surface area contributed by atoms with Gasteiger partial charge >= 0.3 is 0 Å². The van der Waals surface area contributed by atoms with Crippen LogP contribution in [0.5, 0.6) is 0 Å². The predicted octanol–water partition coefficient (Wildman–Crippen LogP) is 1.53. The number of rotatable bonds is 5. The van der Waals surface area contributed by atoms with Crippen LogP contribution >= 0.6 is 0 Å². The smallest absolute Gasteiger partial charge is 0.227 e. The fourth-order valence-corrected chi connectivity index (χ4v) is 1.97. The maximum atomic E-state index is 4.99. The van der Waals surface area contributed by atoms with E-state index >= 15 is 0 Å². The molecule has 0 unspecified atom stereocenters. The first kappa shape index (κ1) is 12.1. The summed E-state index contributed by atoms with van der Waals surface area (Å²) in [4.78, 5) is 11.1. The molecular formula is C12H20N4O. The van der Waals surface area contributed by atoms with Crippen molar-refractivity contribution in [3.8, 4) is 0 Å². The summed E-state index contributed by atoms with van der Waals surface area (Å²) in [6.07, 6.45) is 5.61. The Morgan fingerprint density at radius 3 is 2.94 bits per heavy atom. The molecule has 1 aromatic rings. The van der Waals surface area contributed by atoms with Crippen molar-refractivity contribution in [3.05, 3.63) is 12.3 Å². The van der Waals surface area contributed by atoms with Crippen LogP contribution in [0.4, 0.5) is 11.8 Å². The molecule has 0 amide bonds. The average Bonchev–Trinajstić information content (AvgIpc) is 2.41. The molecule has 0 bridgehead atoms. The van der Waals surface area contributed by atoms with Crippen LogP contribution in [0.1, 0.15) is 19.3 Å². The lowest BCUT2D eigenvalue weighted by Crippen LogP contribution is -2.31. The van der Waals surface area contributed by atoms with Crippen molar-refractivity contribution >= 4 is 11.8 Å². The molecule has 0 aromatic carbocycles. The quantitative estimate of drug-likeness (QED) is 0.786.